The van der Waals surface area contributed by atoms with E-state index in [0.29, 0.717) is 0 Å². The summed E-state index contributed by atoms with van der Waals surface area (Å²) in [7, 11) is 0. The zero-order chi connectivity index (χ0) is 28.2. The summed E-state index contributed by atoms with van der Waals surface area (Å²) in [6.07, 6.45) is 0. The van der Waals surface area contributed by atoms with Gasteiger partial charge < -0.3 is 9.80 Å². The predicted octanol–water partition coefficient (Wildman–Crippen LogP) is 8.54. The summed E-state index contributed by atoms with van der Waals surface area (Å²) >= 11 is 0. The van der Waals surface area contributed by atoms with Gasteiger partial charge in [0.05, 0.1) is 0 Å². The van der Waals surface area contributed by atoms with Crippen LogP contribution in [0.2, 0.25) is 0 Å². The van der Waals surface area contributed by atoms with Crippen LogP contribution in [0.25, 0.3) is 39.0 Å². The maximum atomic E-state index is 9.79. The molecule has 0 amide bonds. The molecule has 0 bridgehead atoms. The Morgan fingerprint density at radius 3 is 1.18 bits per heavy atom. The van der Waals surface area contributed by atoms with Crippen molar-refractivity contribution in [2.75, 3.05) is 36.0 Å². The third kappa shape index (κ3) is 4.74. The van der Waals surface area contributed by atoms with Crippen molar-refractivity contribution in [2.24, 2.45) is 0 Å². The van der Waals surface area contributed by atoms with Gasteiger partial charge in [0.2, 0.25) is 0 Å². The van der Waals surface area contributed by atoms with E-state index >= 15 is 0 Å². The lowest BCUT2D eigenvalue weighted by molar-refractivity contribution is 0.866. The van der Waals surface area contributed by atoms with Gasteiger partial charge in [-0.25, -0.2) is 0 Å². The van der Waals surface area contributed by atoms with Crippen LogP contribution >= 0.6 is 0 Å². The van der Waals surface area contributed by atoms with Gasteiger partial charge in [-0.2, -0.15) is 10.5 Å². The fourth-order valence-corrected chi connectivity index (χ4v) is 5.79. The molecule has 0 heterocycles. The first-order valence-corrected chi connectivity index (χ1v) is 14.1. The summed E-state index contributed by atoms with van der Waals surface area (Å²) in [6.45, 7) is 12.6. The molecule has 40 heavy (non-hydrogen) atoms. The van der Waals surface area contributed by atoms with Crippen molar-refractivity contribution in [2.45, 2.75) is 27.7 Å². The molecule has 0 saturated carbocycles. The fraction of sp³-hybridized carbons (Fsp3) is 0.222. The molecule has 0 radical (unpaired) electrons. The minimum absolute atomic E-state index is 0.146. The first-order chi connectivity index (χ1) is 19.6. The highest BCUT2D eigenvalue weighted by Crippen LogP contribution is 2.48. The van der Waals surface area contributed by atoms with Gasteiger partial charge in [0, 0.05) is 43.1 Å². The summed E-state index contributed by atoms with van der Waals surface area (Å²) in [5.41, 5.74) is 11.8. The summed E-state index contributed by atoms with van der Waals surface area (Å²) in [5, 5.41) is 19.6. The Morgan fingerprint density at radius 1 is 0.500 bits per heavy atom. The van der Waals surface area contributed by atoms with Gasteiger partial charge in [0.1, 0.15) is 17.7 Å². The average molecular weight is 523 g/mol. The highest BCUT2D eigenvalue weighted by molar-refractivity contribution is 6.05. The molecule has 0 aliphatic heterocycles. The van der Waals surface area contributed by atoms with Crippen molar-refractivity contribution in [1.82, 2.24) is 0 Å². The molecule has 198 valence electrons. The largest absolute Gasteiger partial charge is 0.372 e. The highest BCUT2D eigenvalue weighted by Gasteiger charge is 2.27. The van der Waals surface area contributed by atoms with E-state index in [1.807, 2.05) is 0 Å². The molecule has 1 aliphatic rings. The fourth-order valence-electron chi connectivity index (χ4n) is 5.79. The first kappa shape index (κ1) is 26.8. The second-order valence-electron chi connectivity index (χ2n) is 9.93. The van der Waals surface area contributed by atoms with E-state index in [2.05, 4.69) is 135 Å². The number of benzene rings is 4. The van der Waals surface area contributed by atoms with Crippen LogP contribution in [0.15, 0.2) is 90.5 Å². The van der Waals surface area contributed by atoms with Crippen LogP contribution < -0.4 is 9.80 Å². The van der Waals surface area contributed by atoms with E-state index in [1.54, 1.807) is 0 Å². The lowest BCUT2D eigenvalue weighted by Crippen LogP contribution is -2.21. The second-order valence-corrected chi connectivity index (χ2v) is 9.93. The molecule has 0 atom stereocenters. The number of hydrogen-bond acceptors (Lipinski definition) is 4. The molecular weight excluding hydrogens is 488 g/mol. The first-order valence-electron chi connectivity index (χ1n) is 14.1. The number of nitriles is 2. The van der Waals surface area contributed by atoms with E-state index in [9.17, 15) is 10.5 Å². The van der Waals surface area contributed by atoms with Crippen LogP contribution in [0.4, 0.5) is 11.4 Å². The maximum absolute atomic E-state index is 9.79. The van der Waals surface area contributed by atoms with Gasteiger partial charge in [0.25, 0.3) is 0 Å². The molecule has 0 N–H and O–H groups in total. The van der Waals surface area contributed by atoms with Crippen LogP contribution in [0, 0.1) is 22.7 Å². The summed E-state index contributed by atoms with van der Waals surface area (Å²) in [5.74, 6) is 0. The molecule has 0 unspecified atom stereocenters. The minimum atomic E-state index is 0.146. The lowest BCUT2D eigenvalue weighted by atomic mass is 9.96. The molecule has 0 saturated heterocycles. The molecule has 0 spiro atoms. The van der Waals surface area contributed by atoms with Crippen LogP contribution in [-0.2, 0) is 0 Å². The highest BCUT2D eigenvalue weighted by atomic mass is 15.1. The van der Waals surface area contributed by atoms with Crippen LogP contribution in [-0.4, -0.2) is 26.2 Å². The van der Waals surface area contributed by atoms with Gasteiger partial charge in [0.15, 0.2) is 0 Å². The molecule has 1 aliphatic carbocycles. The number of allylic oxidation sites excluding steroid dienone is 1. The summed E-state index contributed by atoms with van der Waals surface area (Å²) in [4.78, 5) is 4.67. The lowest BCUT2D eigenvalue weighted by Gasteiger charge is -2.21. The van der Waals surface area contributed by atoms with Crippen molar-refractivity contribution in [3.8, 4) is 45.5 Å². The van der Waals surface area contributed by atoms with Crippen LogP contribution in [0.1, 0.15) is 38.8 Å². The van der Waals surface area contributed by atoms with Gasteiger partial charge in [-0.3, -0.25) is 0 Å². The van der Waals surface area contributed by atoms with Crippen molar-refractivity contribution < 1.29 is 0 Å². The Labute approximate surface area is 238 Å². The van der Waals surface area contributed by atoms with Gasteiger partial charge in [-0.1, -0.05) is 48.5 Å². The molecule has 0 fully saturated rings. The molecule has 5 rings (SSSR count). The third-order valence-corrected chi connectivity index (χ3v) is 8.00. The monoisotopic (exact) mass is 522 g/mol. The summed E-state index contributed by atoms with van der Waals surface area (Å²) < 4.78 is 0. The number of hydrogen-bond donors (Lipinski definition) is 0. The Kier molecular flexibility index (Phi) is 7.72. The average Bonchev–Trinajstić information content (AvgIpc) is 3.33. The van der Waals surface area contributed by atoms with Crippen LogP contribution in [0.3, 0.4) is 0 Å². The normalized spacial score (nSPS) is 11.3. The van der Waals surface area contributed by atoms with Gasteiger partial charge in [-0.05, 0) is 109 Å². The SMILES string of the molecule is CCN(CC)c1ccc(-c2ccc3c(c2)-c2cc(-c4ccc(N(CC)CC)cc4)ccc2C3=C(C#N)C#N)cc1. The molecule has 4 aromatic carbocycles. The number of rotatable bonds is 8. The zero-order valence-electron chi connectivity index (χ0n) is 23.7. The van der Waals surface area contributed by atoms with Crippen molar-refractivity contribution in [3.63, 3.8) is 0 Å². The van der Waals surface area contributed by atoms with Crippen molar-refractivity contribution >= 4 is 16.9 Å². The van der Waals surface area contributed by atoms with Gasteiger partial charge >= 0.3 is 0 Å². The number of nitrogens with zero attached hydrogens (tertiary/aromatic N) is 4. The maximum Gasteiger partial charge on any atom is 0.138 e. The minimum Gasteiger partial charge on any atom is -0.372 e. The predicted molar refractivity (Wildman–Crippen MR) is 167 cm³/mol. The molecule has 0 aromatic heterocycles. The topological polar surface area (TPSA) is 54.1 Å². The third-order valence-electron chi connectivity index (χ3n) is 8.00. The summed E-state index contributed by atoms with van der Waals surface area (Å²) in [6, 6.07) is 34.4. The molecule has 4 nitrogen and oxygen atoms in total. The van der Waals surface area contributed by atoms with Crippen molar-refractivity contribution in [3.05, 3.63) is 102 Å². The molecule has 4 heteroatoms. The van der Waals surface area contributed by atoms with E-state index in [-0.39, 0.29) is 5.57 Å². The van der Waals surface area contributed by atoms with E-state index in [1.165, 1.54) is 11.4 Å². The Balaban J connectivity index is 1.60. The van der Waals surface area contributed by atoms with E-state index < -0.39 is 0 Å². The van der Waals surface area contributed by atoms with E-state index in [4.69, 9.17) is 0 Å². The number of anilines is 2. The Morgan fingerprint density at radius 2 is 0.850 bits per heavy atom. The second kappa shape index (κ2) is 11.5. The molecule has 4 aromatic rings. The smallest absolute Gasteiger partial charge is 0.138 e. The van der Waals surface area contributed by atoms with E-state index in [0.717, 1.165) is 76.3 Å². The van der Waals surface area contributed by atoms with Crippen molar-refractivity contribution in [1.29, 1.82) is 10.5 Å². The van der Waals surface area contributed by atoms with Gasteiger partial charge in [-0.15, -0.1) is 0 Å². The standard InChI is InChI=1S/C36H34N4/c1-5-39(6-2)30-15-9-25(10-16-30)27-13-19-32-34(21-27)35-22-28(14-20-33(35)36(32)29(23-37)24-38)26-11-17-31(18-12-26)40(7-3)8-4/h9-22H,5-8H2,1-4H3. The Hall–Kier alpha value is -4.80. The number of fused-ring (bicyclic) bond motifs is 3. The zero-order valence-corrected chi connectivity index (χ0v) is 23.7. The van der Waals surface area contributed by atoms with Crippen LogP contribution in [0.5, 0.6) is 0 Å². The molecular formula is C36H34N4. The quantitative estimate of drug-likeness (QED) is 0.192. The Bertz CT molecular complexity index is 1520.